The molecule has 26 heavy (non-hydrogen) atoms. The minimum Gasteiger partial charge on any atom is -0.356 e. The highest BCUT2D eigenvalue weighted by Gasteiger charge is 2.23. The number of nitrogens with zero attached hydrogens (tertiary/aromatic N) is 4. The van der Waals surface area contributed by atoms with Crippen LogP contribution in [0.15, 0.2) is 30.5 Å². The highest BCUT2D eigenvalue weighted by molar-refractivity contribution is 7.20. The first-order valence-corrected chi connectivity index (χ1v) is 9.51. The molecule has 1 aromatic carbocycles. The van der Waals surface area contributed by atoms with Crippen LogP contribution in [-0.2, 0) is 4.79 Å². The van der Waals surface area contributed by atoms with Crippen LogP contribution in [0.5, 0.6) is 0 Å². The van der Waals surface area contributed by atoms with Gasteiger partial charge in [0.15, 0.2) is 0 Å². The van der Waals surface area contributed by atoms with Crippen LogP contribution in [0.1, 0.15) is 19.8 Å². The Bertz CT molecular complexity index is 888. The Kier molecular flexibility index (Phi) is 4.58. The van der Waals surface area contributed by atoms with Crippen LogP contribution in [-0.4, -0.2) is 40.1 Å². The molecule has 2 aromatic heterocycles. The third-order valence-corrected chi connectivity index (χ3v) is 5.59. The smallest absolute Gasteiger partial charge is 0.216 e. The maximum Gasteiger partial charge on any atom is 0.216 e. The van der Waals surface area contributed by atoms with Crippen molar-refractivity contribution in [2.45, 2.75) is 19.8 Å². The average molecular weight is 373 g/mol. The highest BCUT2D eigenvalue weighted by Crippen LogP contribution is 2.29. The van der Waals surface area contributed by atoms with Gasteiger partial charge in [-0.05, 0) is 43.0 Å². The number of piperidine rings is 1. The van der Waals surface area contributed by atoms with E-state index in [1.807, 2.05) is 6.20 Å². The predicted octanol–water partition coefficient (Wildman–Crippen LogP) is 2.95. The summed E-state index contributed by atoms with van der Waals surface area (Å²) in [6.45, 7) is 4.12. The van der Waals surface area contributed by atoms with E-state index in [2.05, 4.69) is 20.3 Å². The van der Waals surface area contributed by atoms with E-state index in [-0.39, 0.29) is 11.7 Å². The molecule has 1 aliphatic rings. The molecule has 136 valence electrons. The molecule has 1 unspecified atom stereocenters. The number of rotatable bonds is 4. The molecule has 1 atom stereocenters. The normalized spacial score (nSPS) is 17.6. The number of carbonyl (C=O) groups excluding carboxylic acids is 1. The maximum absolute atomic E-state index is 13.1. The zero-order valence-electron chi connectivity index (χ0n) is 14.5. The second-order valence-electron chi connectivity index (χ2n) is 6.64. The van der Waals surface area contributed by atoms with Gasteiger partial charge in [-0.2, -0.15) is 0 Å². The van der Waals surface area contributed by atoms with Gasteiger partial charge in [0.05, 0.1) is 11.9 Å². The summed E-state index contributed by atoms with van der Waals surface area (Å²) in [5, 5.41) is 8.53. The lowest BCUT2D eigenvalue weighted by Gasteiger charge is -2.32. The molecule has 4 rings (SSSR count). The zero-order chi connectivity index (χ0) is 18.1. The van der Waals surface area contributed by atoms with Gasteiger partial charge in [-0.3, -0.25) is 4.79 Å². The van der Waals surface area contributed by atoms with Crippen molar-refractivity contribution in [1.29, 1.82) is 0 Å². The van der Waals surface area contributed by atoms with Crippen molar-refractivity contribution in [2.24, 2.45) is 5.92 Å². The largest absolute Gasteiger partial charge is 0.356 e. The third-order valence-electron chi connectivity index (χ3n) is 4.60. The van der Waals surface area contributed by atoms with Gasteiger partial charge in [0.25, 0.3) is 0 Å². The quantitative estimate of drug-likeness (QED) is 0.764. The Labute approximate surface area is 154 Å². The number of hydrogen-bond donors (Lipinski definition) is 1. The van der Waals surface area contributed by atoms with Gasteiger partial charge in [0.1, 0.15) is 5.82 Å². The summed E-state index contributed by atoms with van der Waals surface area (Å²) >= 11 is 1.55. The summed E-state index contributed by atoms with van der Waals surface area (Å²) in [7, 11) is 0. The summed E-state index contributed by atoms with van der Waals surface area (Å²) in [6.07, 6.45) is 4.09. The van der Waals surface area contributed by atoms with Crippen molar-refractivity contribution in [3.63, 3.8) is 0 Å². The fraction of sp³-hybridized carbons (Fsp3) is 0.389. The van der Waals surface area contributed by atoms with Crippen LogP contribution in [0.4, 0.5) is 9.52 Å². The van der Waals surface area contributed by atoms with Crippen LogP contribution in [0.25, 0.3) is 16.2 Å². The Balaban J connectivity index is 1.50. The average Bonchev–Trinajstić information content (AvgIpc) is 3.20. The van der Waals surface area contributed by atoms with E-state index in [9.17, 15) is 9.18 Å². The van der Waals surface area contributed by atoms with Crippen LogP contribution in [0.3, 0.4) is 0 Å². The van der Waals surface area contributed by atoms with Gasteiger partial charge in [-0.1, -0.05) is 11.3 Å². The molecular formula is C18H20FN5OS. The van der Waals surface area contributed by atoms with Crippen LogP contribution < -0.4 is 10.2 Å². The maximum atomic E-state index is 13.1. The summed E-state index contributed by atoms with van der Waals surface area (Å²) in [4.78, 5) is 18.8. The minimum absolute atomic E-state index is 0.0168. The predicted molar refractivity (Wildman–Crippen MR) is 99.9 cm³/mol. The topological polar surface area (TPSA) is 62.5 Å². The third kappa shape index (κ3) is 3.55. The van der Waals surface area contributed by atoms with Gasteiger partial charge in [-0.15, -0.1) is 5.10 Å². The lowest BCUT2D eigenvalue weighted by molar-refractivity contribution is -0.119. The van der Waals surface area contributed by atoms with Crippen molar-refractivity contribution in [2.75, 3.05) is 24.5 Å². The molecule has 3 aromatic rings. The fourth-order valence-corrected chi connectivity index (χ4v) is 4.19. The Morgan fingerprint density at radius 2 is 2.19 bits per heavy atom. The number of nitrogens with one attached hydrogen (secondary N) is 1. The molecule has 6 nitrogen and oxygen atoms in total. The standard InChI is InChI=1S/C18H20FN5OS/c1-12(25)20-9-13-3-2-8-23(10-13)18-22-24-11-16(21-17(24)26-18)14-4-6-15(19)7-5-14/h4-7,11,13H,2-3,8-10H2,1H3,(H,20,25). The molecule has 1 fully saturated rings. The number of aromatic nitrogens is 3. The fourth-order valence-electron chi connectivity index (χ4n) is 3.27. The second kappa shape index (κ2) is 7.03. The number of anilines is 1. The zero-order valence-corrected chi connectivity index (χ0v) is 15.3. The van der Waals surface area contributed by atoms with Crippen molar-refractivity contribution in [3.8, 4) is 11.3 Å². The van der Waals surface area contributed by atoms with E-state index >= 15 is 0 Å². The first-order chi connectivity index (χ1) is 12.6. The lowest BCUT2D eigenvalue weighted by Crippen LogP contribution is -2.40. The van der Waals surface area contributed by atoms with E-state index in [1.54, 1.807) is 34.9 Å². The Morgan fingerprint density at radius 3 is 2.92 bits per heavy atom. The SMILES string of the molecule is CC(=O)NCC1CCCN(c2nn3cc(-c4ccc(F)cc4)nc3s2)C1. The Morgan fingerprint density at radius 1 is 1.38 bits per heavy atom. The molecule has 0 saturated carbocycles. The van der Waals surface area contributed by atoms with E-state index < -0.39 is 0 Å². The van der Waals surface area contributed by atoms with Gasteiger partial charge < -0.3 is 10.2 Å². The van der Waals surface area contributed by atoms with Crippen LogP contribution in [0.2, 0.25) is 0 Å². The number of amides is 1. The van der Waals surface area contributed by atoms with E-state index in [1.165, 1.54) is 12.1 Å². The summed E-state index contributed by atoms with van der Waals surface area (Å²) in [5.74, 6) is 0.205. The van der Waals surface area contributed by atoms with Gasteiger partial charge in [0, 0.05) is 32.1 Å². The number of benzene rings is 1. The molecule has 1 amide bonds. The number of imidazole rings is 1. The van der Waals surface area contributed by atoms with Gasteiger partial charge >= 0.3 is 0 Å². The van der Waals surface area contributed by atoms with E-state index in [0.29, 0.717) is 12.5 Å². The number of halogens is 1. The molecule has 0 bridgehead atoms. The number of fused-ring (bicyclic) bond motifs is 1. The van der Waals surface area contributed by atoms with Crippen LogP contribution in [0, 0.1) is 11.7 Å². The summed E-state index contributed by atoms with van der Waals surface area (Å²) in [6, 6.07) is 6.31. The summed E-state index contributed by atoms with van der Waals surface area (Å²) < 4.78 is 14.9. The summed E-state index contributed by atoms with van der Waals surface area (Å²) in [5.41, 5.74) is 1.66. The van der Waals surface area contributed by atoms with Crippen molar-refractivity contribution >= 4 is 27.3 Å². The number of carbonyl (C=O) groups is 1. The molecule has 0 radical (unpaired) electrons. The monoisotopic (exact) mass is 373 g/mol. The molecule has 3 heterocycles. The molecule has 1 aliphatic heterocycles. The van der Waals surface area contributed by atoms with Crippen molar-refractivity contribution in [1.82, 2.24) is 19.9 Å². The van der Waals surface area contributed by atoms with Crippen LogP contribution >= 0.6 is 11.3 Å². The van der Waals surface area contributed by atoms with Crippen molar-refractivity contribution < 1.29 is 9.18 Å². The van der Waals surface area contributed by atoms with E-state index in [4.69, 9.17) is 0 Å². The molecule has 0 aliphatic carbocycles. The molecule has 1 saturated heterocycles. The Hall–Kier alpha value is -2.48. The number of hydrogen-bond acceptors (Lipinski definition) is 5. The molecule has 8 heteroatoms. The highest BCUT2D eigenvalue weighted by atomic mass is 32.1. The lowest BCUT2D eigenvalue weighted by atomic mass is 9.98. The van der Waals surface area contributed by atoms with Crippen molar-refractivity contribution in [3.05, 3.63) is 36.3 Å². The van der Waals surface area contributed by atoms with Gasteiger partial charge in [-0.25, -0.2) is 13.9 Å². The molecule has 0 spiro atoms. The molecular weight excluding hydrogens is 353 g/mol. The minimum atomic E-state index is -0.255. The second-order valence-corrected chi connectivity index (χ2v) is 7.57. The van der Waals surface area contributed by atoms with E-state index in [0.717, 1.165) is 47.3 Å². The first kappa shape index (κ1) is 17.0. The first-order valence-electron chi connectivity index (χ1n) is 8.70. The molecule has 1 N–H and O–H groups in total. The van der Waals surface area contributed by atoms with Gasteiger partial charge in [0.2, 0.25) is 16.0 Å².